The molecule has 0 bridgehead atoms. The molecule has 0 N–H and O–H groups in total. The Balaban J connectivity index is 1.66. The second-order valence-electron chi connectivity index (χ2n) is 5.28. The second-order valence-corrected chi connectivity index (χ2v) is 5.28. The summed E-state index contributed by atoms with van der Waals surface area (Å²) in [4.78, 5) is 18.0. The highest BCUT2D eigenvalue weighted by molar-refractivity contribution is 5.94. The van der Waals surface area contributed by atoms with Gasteiger partial charge < -0.3 is 14.2 Å². The average Bonchev–Trinajstić information content (AvgIpc) is 3.10. The average molecular weight is 287 g/mol. The Morgan fingerprint density at radius 1 is 1.48 bits per heavy atom. The third-order valence-electron chi connectivity index (χ3n) is 3.57. The first-order valence-corrected chi connectivity index (χ1v) is 6.94. The van der Waals surface area contributed by atoms with Crippen molar-refractivity contribution in [2.75, 3.05) is 13.6 Å². The molecule has 1 aromatic heterocycles. The molecule has 1 aliphatic rings. The van der Waals surface area contributed by atoms with E-state index in [0.29, 0.717) is 24.4 Å². The Morgan fingerprint density at radius 2 is 2.33 bits per heavy atom. The van der Waals surface area contributed by atoms with Crippen LogP contribution in [-0.4, -0.2) is 40.6 Å². The lowest BCUT2D eigenvalue weighted by molar-refractivity contribution is 0.0795. The Morgan fingerprint density at radius 3 is 3.10 bits per heavy atom. The minimum Gasteiger partial charge on any atom is -0.490 e. The molecule has 0 saturated heterocycles. The van der Waals surface area contributed by atoms with E-state index in [4.69, 9.17) is 4.74 Å². The van der Waals surface area contributed by atoms with Crippen molar-refractivity contribution in [3.8, 4) is 5.75 Å². The molecule has 0 aliphatic carbocycles. The van der Waals surface area contributed by atoms with Crippen LogP contribution in [0.4, 0.5) is 0 Å². The summed E-state index contributed by atoms with van der Waals surface area (Å²) in [7, 11) is 1.77. The lowest BCUT2D eigenvalue weighted by atomic mass is 10.1. The largest absolute Gasteiger partial charge is 0.490 e. The van der Waals surface area contributed by atoms with E-state index in [1.807, 2.05) is 25.1 Å². The number of amides is 1. The number of nitrogens with zero attached hydrogens (tertiary/aromatic N) is 3. The van der Waals surface area contributed by atoms with Crippen LogP contribution in [0.25, 0.3) is 0 Å². The molecule has 0 fully saturated rings. The van der Waals surface area contributed by atoms with Crippen LogP contribution in [0.3, 0.4) is 0 Å². The first-order valence-electron chi connectivity index (χ1n) is 6.94. The van der Waals surface area contributed by atoms with Crippen LogP contribution in [0.15, 0.2) is 29.1 Å². The number of hydrogen-bond acceptors (Lipinski definition) is 5. The van der Waals surface area contributed by atoms with Gasteiger partial charge in [-0.25, -0.2) is 0 Å². The van der Waals surface area contributed by atoms with Crippen molar-refractivity contribution >= 4 is 5.91 Å². The van der Waals surface area contributed by atoms with E-state index in [2.05, 4.69) is 14.7 Å². The van der Waals surface area contributed by atoms with Gasteiger partial charge in [0.1, 0.15) is 11.9 Å². The van der Waals surface area contributed by atoms with Gasteiger partial charge in [-0.05, 0) is 30.7 Å². The van der Waals surface area contributed by atoms with Crippen LogP contribution < -0.4 is 4.74 Å². The van der Waals surface area contributed by atoms with E-state index >= 15 is 0 Å². The number of hydrogen-bond donors (Lipinski definition) is 0. The zero-order valence-corrected chi connectivity index (χ0v) is 12.1. The fraction of sp³-hybridized carbons (Fsp3) is 0.400. The van der Waals surface area contributed by atoms with Crippen molar-refractivity contribution in [3.05, 3.63) is 41.5 Å². The van der Waals surface area contributed by atoms with Crippen LogP contribution in [0.5, 0.6) is 5.75 Å². The molecule has 6 nitrogen and oxygen atoms in total. The molecule has 21 heavy (non-hydrogen) atoms. The number of fused-ring (bicyclic) bond motifs is 1. The molecule has 1 amide bonds. The number of benzene rings is 1. The van der Waals surface area contributed by atoms with Crippen molar-refractivity contribution in [2.45, 2.75) is 25.9 Å². The fourth-order valence-electron chi connectivity index (χ4n) is 2.45. The molecule has 0 saturated carbocycles. The van der Waals surface area contributed by atoms with Gasteiger partial charge in [-0.15, -0.1) is 0 Å². The quantitative estimate of drug-likeness (QED) is 0.856. The molecular weight excluding hydrogens is 270 g/mol. The molecule has 1 aromatic carbocycles. The molecule has 6 heteroatoms. The maximum atomic E-state index is 12.4. The van der Waals surface area contributed by atoms with Crippen molar-refractivity contribution in [1.29, 1.82) is 0 Å². The SMILES string of the molecule is CC1Cc2cc(C(=O)N(C)CCc3ncon3)ccc2O1. The normalized spacial score (nSPS) is 16.4. The lowest BCUT2D eigenvalue weighted by Crippen LogP contribution is -2.29. The Labute approximate surface area is 122 Å². The van der Waals surface area contributed by atoms with Crippen molar-refractivity contribution in [1.82, 2.24) is 15.0 Å². The summed E-state index contributed by atoms with van der Waals surface area (Å²) in [6.45, 7) is 2.57. The van der Waals surface area contributed by atoms with Crippen molar-refractivity contribution in [3.63, 3.8) is 0 Å². The monoisotopic (exact) mass is 287 g/mol. The molecule has 2 aromatic rings. The summed E-state index contributed by atoms with van der Waals surface area (Å²) < 4.78 is 10.3. The maximum Gasteiger partial charge on any atom is 0.253 e. The van der Waals surface area contributed by atoms with Gasteiger partial charge in [0.25, 0.3) is 5.91 Å². The Bertz CT molecular complexity index is 640. The van der Waals surface area contributed by atoms with Gasteiger partial charge in [0, 0.05) is 32.0 Å². The van der Waals surface area contributed by atoms with Crippen LogP contribution in [0.1, 0.15) is 28.7 Å². The standard InChI is InChI=1S/C15H17N3O3/c1-10-7-12-8-11(3-4-13(12)21-10)15(19)18(2)6-5-14-16-9-20-17-14/h3-4,8-10H,5-7H2,1-2H3. The predicted octanol–water partition coefficient (Wildman–Crippen LogP) is 1.71. The van der Waals surface area contributed by atoms with Crippen molar-refractivity contribution in [2.24, 2.45) is 0 Å². The lowest BCUT2D eigenvalue weighted by Gasteiger charge is -2.16. The van der Waals surface area contributed by atoms with Gasteiger partial charge in [0.15, 0.2) is 5.82 Å². The van der Waals surface area contributed by atoms with Gasteiger partial charge >= 0.3 is 0 Å². The highest BCUT2D eigenvalue weighted by atomic mass is 16.5. The molecular formula is C15H17N3O3. The fourth-order valence-corrected chi connectivity index (χ4v) is 2.45. The van der Waals surface area contributed by atoms with E-state index < -0.39 is 0 Å². The van der Waals surface area contributed by atoms with Crippen LogP contribution >= 0.6 is 0 Å². The summed E-state index contributed by atoms with van der Waals surface area (Å²) in [6, 6.07) is 5.61. The third-order valence-corrected chi connectivity index (χ3v) is 3.57. The topological polar surface area (TPSA) is 68.5 Å². The summed E-state index contributed by atoms with van der Waals surface area (Å²) in [5.41, 5.74) is 1.78. The minimum atomic E-state index is -0.0131. The molecule has 0 spiro atoms. The van der Waals surface area contributed by atoms with Gasteiger partial charge in [0.2, 0.25) is 6.39 Å². The van der Waals surface area contributed by atoms with E-state index in [-0.39, 0.29) is 12.0 Å². The highest BCUT2D eigenvalue weighted by Gasteiger charge is 2.21. The number of likely N-dealkylation sites (N-methyl/N-ethyl adjacent to an activating group) is 1. The maximum absolute atomic E-state index is 12.4. The van der Waals surface area contributed by atoms with Crippen LogP contribution in [0, 0.1) is 0 Å². The summed E-state index contributed by atoms with van der Waals surface area (Å²) >= 11 is 0. The number of carbonyl (C=O) groups is 1. The number of carbonyl (C=O) groups excluding carboxylic acids is 1. The van der Waals surface area contributed by atoms with Gasteiger partial charge in [0.05, 0.1) is 0 Å². The predicted molar refractivity (Wildman–Crippen MR) is 75.2 cm³/mol. The molecule has 110 valence electrons. The summed E-state index contributed by atoms with van der Waals surface area (Å²) in [6.07, 6.45) is 2.90. The molecule has 3 rings (SSSR count). The van der Waals surface area contributed by atoms with Gasteiger partial charge in [-0.3, -0.25) is 4.79 Å². The Hall–Kier alpha value is -2.37. The van der Waals surface area contributed by atoms with E-state index in [9.17, 15) is 4.79 Å². The van der Waals surface area contributed by atoms with Gasteiger partial charge in [-0.1, -0.05) is 5.16 Å². The number of rotatable bonds is 4. The zero-order valence-electron chi connectivity index (χ0n) is 12.1. The van der Waals surface area contributed by atoms with E-state index in [1.54, 1.807) is 11.9 Å². The smallest absolute Gasteiger partial charge is 0.253 e. The van der Waals surface area contributed by atoms with Crippen LogP contribution in [-0.2, 0) is 12.8 Å². The zero-order chi connectivity index (χ0) is 14.8. The third kappa shape index (κ3) is 2.89. The Kier molecular flexibility index (Phi) is 3.60. The van der Waals surface area contributed by atoms with Gasteiger partial charge in [-0.2, -0.15) is 4.98 Å². The first kappa shape index (κ1) is 13.6. The van der Waals surface area contributed by atoms with E-state index in [1.165, 1.54) is 6.39 Å². The summed E-state index contributed by atoms with van der Waals surface area (Å²) in [5.74, 6) is 1.47. The second kappa shape index (κ2) is 5.55. The minimum absolute atomic E-state index is 0.0131. The summed E-state index contributed by atoms with van der Waals surface area (Å²) in [5, 5.41) is 3.74. The van der Waals surface area contributed by atoms with Crippen LogP contribution in [0.2, 0.25) is 0 Å². The number of aromatic nitrogens is 2. The number of ether oxygens (including phenoxy) is 1. The molecule has 2 heterocycles. The molecule has 1 atom stereocenters. The first-order chi connectivity index (χ1) is 10.1. The highest BCUT2D eigenvalue weighted by Crippen LogP contribution is 2.29. The van der Waals surface area contributed by atoms with Crippen molar-refractivity contribution < 1.29 is 14.1 Å². The molecule has 0 radical (unpaired) electrons. The molecule has 1 aliphatic heterocycles. The molecule has 1 unspecified atom stereocenters. The van der Waals surface area contributed by atoms with E-state index in [0.717, 1.165) is 17.7 Å².